The Hall–Kier alpha value is -0.980. The van der Waals surface area contributed by atoms with Gasteiger partial charge in [0.15, 0.2) is 5.96 Å². The van der Waals surface area contributed by atoms with Crippen LogP contribution in [-0.2, 0) is 0 Å². The van der Waals surface area contributed by atoms with Crippen molar-refractivity contribution in [2.45, 2.75) is 38.8 Å². The first-order valence-corrected chi connectivity index (χ1v) is 7.97. The number of nitrogens with zero attached hydrogens (tertiary/aromatic N) is 2. The van der Waals surface area contributed by atoms with Crippen LogP contribution < -0.4 is 15.5 Å². The van der Waals surface area contributed by atoms with E-state index in [0.717, 1.165) is 31.4 Å². The number of aliphatic imine (C=N–C) groups is 1. The summed E-state index contributed by atoms with van der Waals surface area (Å²) in [4.78, 5) is 6.80. The van der Waals surface area contributed by atoms with E-state index in [1.165, 1.54) is 17.7 Å². The Morgan fingerprint density at radius 2 is 1.91 bits per heavy atom. The van der Waals surface area contributed by atoms with Gasteiger partial charge in [0.1, 0.15) is 0 Å². The standard InChI is InChI=1S/C17H26N4.HI/c1-12-4-6-15(7-5-12)21-9-8-14(11-21)19-17(18-3)20-16-10-13(16)2;/h4-7,13-14,16H,8-11H2,1-3H3,(H2,18,19,20);1H. The van der Waals surface area contributed by atoms with E-state index in [-0.39, 0.29) is 24.0 Å². The lowest BCUT2D eigenvalue weighted by Crippen LogP contribution is -2.45. The van der Waals surface area contributed by atoms with Gasteiger partial charge in [-0.15, -0.1) is 24.0 Å². The molecule has 22 heavy (non-hydrogen) atoms. The van der Waals surface area contributed by atoms with Gasteiger partial charge in [0, 0.05) is 37.9 Å². The van der Waals surface area contributed by atoms with Gasteiger partial charge in [-0.1, -0.05) is 24.6 Å². The molecule has 1 aromatic rings. The zero-order chi connectivity index (χ0) is 14.8. The van der Waals surface area contributed by atoms with Crippen LogP contribution in [0.15, 0.2) is 29.3 Å². The Kier molecular flexibility index (Phi) is 5.94. The molecule has 0 aromatic heterocycles. The number of nitrogens with one attached hydrogen (secondary N) is 2. The maximum absolute atomic E-state index is 4.35. The maximum Gasteiger partial charge on any atom is 0.191 e. The van der Waals surface area contributed by atoms with Crippen molar-refractivity contribution < 1.29 is 0 Å². The Balaban J connectivity index is 0.00000176. The minimum Gasteiger partial charge on any atom is -0.369 e. The fraction of sp³-hybridized carbons (Fsp3) is 0.588. The second kappa shape index (κ2) is 7.53. The molecule has 3 rings (SSSR count). The second-order valence-corrected chi connectivity index (χ2v) is 6.45. The number of hydrogen-bond acceptors (Lipinski definition) is 2. The average molecular weight is 414 g/mol. The van der Waals surface area contributed by atoms with Crippen LogP contribution in [0.2, 0.25) is 0 Å². The van der Waals surface area contributed by atoms with Gasteiger partial charge in [0.25, 0.3) is 0 Å². The number of hydrogen-bond donors (Lipinski definition) is 2. The number of guanidine groups is 1. The van der Waals surface area contributed by atoms with Gasteiger partial charge in [-0.05, 0) is 37.8 Å². The normalized spacial score (nSPS) is 27.3. The molecule has 0 amide bonds. The third kappa shape index (κ3) is 4.27. The molecule has 3 unspecified atom stereocenters. The van der Waals surface area contributed by atoms with E-state index >= 15 is 0 Å². The molecule has 1 aliphatic carbocycles. The molecule has 1 saturated carbocycles. The molecule has 1 saturated heterocycles. The van der Waals surface area contributed by atoms with E-state index in [9.17, 15) is 0 Å². The van der Waals surface area contributed by atoms with E-state index in [2.05, 4.69) is 58.6 Å². The van der Waals surface area contributed by atoms with Gasteiger partial charge >= 0.3 is 0 Å². The third-order valence-corrected chi connectivity index (χ3v) is 4.58. The smallest absolute Gasteiger partial charge is 0.191 e. The topological polar surface area (TPSA) is 39.7 Å². The molecule has 2 aliphatic rings. The minimum absolute atomic E-state index is 0. The molecule has 5 heteroatoms. The van der Waals surface area contributed by atoms with Crippen LogP contribution in [0.3, 0.4) is 0 Å². The molecule has 1 aliphatic heterocycles. The van der Waals surface area contributed by atoms with Crippen LogP contribution in [0.25, 0.3) is 0 Å². The van der Waals surface area contributed by atoms with Crippen LogP contribution in [0.1, 0.15) is 25.3 Å². The predicted molar refractivity (Wildman–Crippen MR) is 104 cm³/mol. The van der Waals surface area contributed by atoms with Crippen molar-refractivity contribution in [1.29, 1.82) is 0 Å². The molecule has 4 nitrogen and oxygen atoms in total. The molecule has 2 N–H and O–H groups in total. The summed E-state index contributed by atoms with van der Waals surface area (Å²) in [7, 11) is 1.86. The van der Waals surface area contributed by atoms with Crippen LogP contribution in [0, 0.1) is 12.8 Å². The highest BCUT2D eigenvalue weighted by Gasteiger charge is 2.34. The lowest BCUT2D eigenvalue weighted by atomic mass is 10.2. The quantitative estimate of drug-likeness (QED) is 0.454. The van der Waals surface area contributed by atoms with Gasteiger partial charge in [0.05, 0.1) is 0 Å². The molecule has 3 atom stereocenters. The van der Waals surface area contributed by atoms with Crippen molar-refractivity contribution in [2.75, 3.05) is 25.0 Å². The van der Waals surface area contributed by atoms with Crippen LogP contribution in [0.4, 0.5) is 5.69 Å². The summed E-state index contributed by atoms with van der Waals surface area (Å²) >= 11 is 0. The van der Waals surface area contributed by atoms with Crippen LogP contribution in [-0.4, -0.2) is 38.2 Å². The number of halogens is 1. The number of benzene rings is 1. The van der Waals surface area contributed by atoms with Crippen molar-refractivity contribution in [3.8, 4) is 0 Å². The van der Waals surface area contributed by atoms with Crippen molar-refractivity contribution >= 4 is 35.6 Å². The molecule has 1 heterocycles. The summed E-state index contributed by atoms with van der Waals surface area (Å²) in [6.07, 6.45) is 2.43. The van der Waals surface area contributed by atoms with E-state index in [1.54, 1.807) is 0 Å². The van der Waals surface area contributed by atoms with Crippen molar-refractivity contribution in [2.24, 2.45) is 10.9 Å². The van der Waals surface area contributed by atoms with E-state index in [0.29, 0.717) is 12.1 Å². The van der Waals surface area contributed by atoms with Crippen molar-refractivity contribution in [3.63, 3.8) is 0 Å². The van der Waals surface area contributed by atoms with Gasteiger partial charge in [0.2, 0.25) is 0 Å². The molecule has 0 bridgehead atoms. The Labute approximate surface area is 150 Å². The van der Waals surface area contributed by atoms with Crippen molar-refractivity contribution in [1.82, 2.24) is 10.6 Å². The largest absolute Gasteiger partial charge is 0.369 e. The van der Waals surface area contributed by atoms with Gasteiger partial charge < -0.3 is 15.5 Å². The maximum atomic E-state index is 4.35. The van der Waals surface area contributed by atoms with Crippen LogP contribution >= 0.6 is 24.0 Å². The summed E-state index contributed by atoms with van der Waals surface area (Å²) in [5, 5.41) is 7.07. The lowest BCUT2D eigenvalue weighted by Gasteiger charge is -2.20. The highest BCUT2D eigenvalue weighted by atomic mass is 127. The summed E-state index contributed by atoms with van der Waals surface area (Å²) in [5.74, 6) is 1.75. The summed E-state index contributed by atoms with van der Waals surface area (Å²) < 4.78 is 0. The third-order valence-electron chi connectivity index (χ3n) is 4.58. The molecule has 1 aromatic carbocycles. The monoisotopic (exact) mass is 414 g/mol. The second-order valence-electron chi connectivity index (χ2n) is 6.45. The fourth-order valence-electron chi connectivity index (χ4n) is 2.93. The first-order chi connectivity index (χ1) is 10.2. The first kappa shape index (κ1) is 17.4. The molecular formula is C17H27IN4. The minimum atomic E-state index is 0. The number of rotatable bonds is 3. The summed E-state index contributed by atoms with van der Waals surface area (Å²) in [6.45, 7) is 6.56. The van der Waals surface area contributed by atoms with E-state index in [4.69, 9.17) is 0 Å². The highest BCUT2D eigenvalue weighted by Crippen LogP contribution is 2.28. The number of aryl methyl sites for hydroxylation is 1. The van der Waals surface area contributed by atoms with Crippen molar-refractivity contribution in [3.05, 3.63) is 29.8 Å². The summed E-state index contributed by atoms with van der Waals surface area (Å²) in [5.41, 5.74) is 2.64. The summed E-state index contributed by atoms with van der Waals surface area (Å²) in [6, 6.07) is 9.90. The predicted octanol–water partition coefficient (Wildman–Crippen LogP) is 2.77. The fourth-order valence-corrected chi connectivity index (χ4v) is 2.93. The van der Waals surface area contributed by atoms with E-state index < -0.39 is 0 Å². The van der Waals surface area contributed by atoms with Gasteiger partial charge in [-0.25, -0.2) is 0 Å². The number of anilines is 1. The molecule has 0 radical (unpaired) electrons. The lowest BCUT2D eigenvalue weighted by molar-refractivity contribution is 0.643. The average Bonchev–Trinajstić information content (AvgIpc) is 2.99. The molecular weight excluding hydrogens is 387 g/mol. The molecule has 2 fully saturated rings. The SMILES string of the molecule is CN=C(NC1CCN(c2ccc(C)cc2)C1)NC1CC1C.I. The Bertz CT molecular complexity index is 514. The Morgan fingerprint density at radius 3 is 2.50 bits per heavy atom. The first-order valence-electron chi connectivity index (χ1n) is 7.97. The molecule has 122 valence electrons. The zero-order valence-electron chi connectivity index (χ0n) is 13.7. The molecule has 0 spiro atoms. The van der Waals surface area contributed by atoms with Crippen LogP contribution in [0.5, 0.6) is 0 Å². The van der Waals surface area contributed by atoms with Gasteiger partial charge in [-0.3, -0.25) is 4.99 Å². The zero-order valence-corrected chi connectivity index (χ0v) is 16.0. The Morgan fingerprint density at radius 1 is 1.23 bits per heavy atom. The highest BCUT2D eigenvalue weighted by molar-refractivity contribution is 14.0. The van der Waals surface area contributed by atoms with E-state index in [1.807, 2.05) is 7.05 Å². The van der Waals surface area contributed by atoms with Gasteiger partial charge in [-0.2, -0.15) is 0 Å².